The minimum Gasteiger partial charge on any atom is -0.393 e. The van der Waals surface area contributed by atoms with E-state index < -0.39 is 0 Å². The van der Waals surface area contributed by atoms with Crippen LogP contribution in [0, 0.1) is 5.92 Å². The Kier molecular flexibility index (Phi) is 4.06. The van der Waals surface area contributed by atoms with Crippen LogP contribution in [0.25, 0.3) is 0 Å². The number of rotatable bonds is 4. The lowest BCUT2D eigenvalue weighted by atomic mass is 9.97. The maximum atomic E-state index is 5.68. The van der Waals surface area contributed by atoms with Crippen LogP contribution in [0.2, 0.25) is 0 Å². The predicted octanol–water partition coefficient (Wildman–Crippen LogP) is 0.796. The van der Waals surface area contributed by atoms with Gasteiger partial charge in [-0.2, -0.15) is 5.10 Å². The van der Waals surface area contributed by atoms with Gasteiger partial charge in [-0.05, 0) is 32.9 Å². The molecule has 5 nitrogen and oxygen atoms in total. The van der Waals surface area contributed by atoms with Gasteiger partial charge in [0.2, 0.25) is 0 Å². The maximum Gasteiger partial charge on any atom is 0.140 e. The van der Waals surface area contributed by atoms with Crippen molar-refractivity contribution in [2.24, 2.45) is 11.7 Å². The summed E-state index contributed by atoms with van der Waals surface area (Å²) in [6, 6.07) is 0. The molecule has 0 unspecified atom stereocenters. The summed E-state index contributed by atoms with van der Waals surface area (Å²) in [4.78, 5) is 7.36. The largest absolute Gasteiger partial charge is 0.393 e. The Hall–Kier alpha value is -1.01. The Morgan fingerprint density at radius 1 is 1.53 bits per heavy atom. The predicted molar refractivity (Wildman–Crippen MR) is 70.5 cm³/mol. The van der Waals surface area contributed by atoms with E-state index in [1.807, 2.05) is 4.68 Å². The minimum atomic E-state index is 0.422. The third-order valence-electron chi connectivity index (χ3n) is 3.35. The zero-order valence-electron chi connectivity index (χ0n) is 10.2. The Morgan fingerprint density at radius 2 is 2.24 bits per heavy atom. The normalized spacial score (nSPS) is 18.4. The van der Waals surface area contributed by atoms with Crippen LogP contribution >= 0.6 is 12.2 Å². The highest BCUT2D eigenvalue weighted by Crippen LogP contribution is 2.18. The summed E-state index contributed by atoms with van der Waals surface area (Å²) < 4.78 is 1.94. The molecule has 2 rings (SSSR count). The van der Waals surface area contributed by atoms with E-state index in [1.54, 1.807) is 6.33 Å². The fourth-order valence-corrected chi connectivity index (χ4v) is 2.49. The molecule has 0 radical (unpaired) electrons. The molecule has 2 heterocycles. The maximum absolute atomic E-state index is 5.68. The summed E-state index contributed by atoms with van der Waals surface area (Å²) in [6.07, 6.45) is 3.76. The number of hydrogen-bond acceptors (Lipinski definition) is 4. The molecule has 94 valence electrons. The van der Waals surface area contributed by atoms with Crippen molar-refractivity contribution in [2.75, 3.05) is 13.1 Å². The average Bonchev–Trinajstić information content (AvgIpc) is 2.77. The fourth-order valence-electron chi connectivity index (χ4n) is 2.25. The average molecular weight is 253 g/mol. The van der Waals surface area contributed by atoms with Crippen molar-refractivity contribution in [3.05, 3.63) is 12.2 Å². The third-order valence-corrected chi connectivity index (χ3v) is 3.68. The van der Waals surface area contributed by atoms with Crippen molar-refractivity contribution in [3.8, 4) is 0 Å². The van der Waals surface area contributed by atoms with Gasteiger partial charge in [0, 0.05) is 12.5 Å². The van der Waals surface area contributed by atoms with Crippen LogP contribution in [0.5, 0.6) is 0 Å². The topological polar surface area (TPSA) is 60.0 Å². The summed E-state index contributed by atoms with van der Waals surface area (Å²) >= 11 is 5.04. The van der Waals surface area contributed by atoms with Crippen molar-refractivity contribution in [2.45, 2.75) is 32.9 Å². The van der Waals surface area contributed by atoms with E-state index in [0.717, 1.165) is 44.8 Å². The van der Waals surface area contributed by atoms with Gasteiger partial charge in [-0.25, -0.2) is 9.67 Å². The van der Waals surface area contributed by atoms with E-state index >= 15 is 0 Å². The summed E-state index contributed by atoms with van der Waals surface area (Å²) in [5.41, 5.74) is 5.68. The molecule has 17 heavy (non-hydrogen) atoms. The minimum absolute atomic E-state index is 0.422. The summed E-state index contributed by atoms with van der Waals surface area (Å²) in [5, 5.41) is 4.18. The van der Waals surface area contributed by atoms with E-state index in [0.29, 0.717) is 10.9 Å². The van der Waals surface area contributed by atoms with E-state index in [2.05, 4.69) is 21.9 Å². The van der Waals surface area contributed by atoms with Crippen molar-refractivity contribution in [1.82, 2.24) is 19.7 Å². The Bertz CT molecular complexity index is 381. The zero-order chi connectivity index (χ0) is 12.3. The molecule has 0 atom stereocenters. The highest BCUT2D eigenvalue weighted by atomic mass is 32.1. The van der Waals surface area contributed by atoms with Gasteiger partial charge in [0.25, 0.3) is 0 Å². The number of nitrogens with zero attached hydrogens (tertiary/aromatic N) is 4. The van der Waals surface area contributed by atoms with E-state index in [4.69, 9.17) is 18.0 Å². The quantitative estimate of drug-likeness (QED) is 0.804. The van der Waals surface area contributed by atoms with Crippen LogP contribution in [0.3, 0.4) is 0 Å². The molecule has 1 aliphatic heterocycles. The molecular weight excluding hydrogens is 234 g/mol. The number of nitrogens with two attached hydrogens (primary N) is 1. The number of aryl methyl sites for hydroxylation is 1. The van der Waals surface area contributed by atoms with E-state index in [1.165, 1.54) is 0 Å². The van der Waals surface area contributed by atoms with Gasteiger partial charge >= 0.3 is 0 Å². The highest BCUT2D eigenvalue weighted by molar-refractivity contribution is 7.80. The lowest BCUT2D eigenvalue weighted by Crippen LogP contribution is -2.38. The Balaban J connectivity index is 1.88. The fraction of sp³-hybridized carbons (Fsp3) is 0.727. The van der Waals surface area contributed by atoms with Crippen LogP contribution < -0.4 is 5.73 Å². The van der Waals surface area contributed by atoms with Gasteiger partial charge in [-0.1, -0.05) is 12.2 Å². The van der Waals surface area contributed by atoms with Gasteiger partial charge in [0.1, 0.15) is 12.2 Å². The van der Waals surface area contributed by atoms with Crippen LogP contribution in [0.4, 0.5) is 0 Å². The van der Waals surface area contributed by atoms with Crippen LogP contribution in [-0.2, 0) is 13.1 Å². The van der Waals surface area contributed by atoms with Crippen LogP contribution in [-0.4, -0.2) is 37.7 Å². The van der Waals surface area contributed by atoms with Crippen molar-refractivity contribution in [1.29, 1.82) is 0 Å². The first-order chi connectivity index (χ1) is 8.20. The third kappa shape index (κ3) is 3.01. The number of piperidine rings is 1. The molecule has 1 aliphatic rings. The SMILES string of the molecule is CCn1ncnc1CN1CCC(C(N)=S)CC1. The molecule has 0 bridgehead atoms. The Labute approximate surface area is 107 Å². The van der Waals surface area contributed by atoms with E-state index in [9.17, 15) is 0 Å². The number of aromatic nitrogens is 3. The first-order valence-electron chi connectivity index (χ1n) is 6.09. The molecular formula is C11H19N5S. The van der Waals surface area contributed by atoms with Crippen molar-refractivity contribution >= 4 is 17.2 Å². The standard InChI is InChI=1S/C11H19N5S/c1-2-16-10(13-8-14-16)7-15-5-3-9(4-6-15)11(12)17/h8-9H,2-7H2,1H3,(H2,12,17). The molecule has 1 saturated heterocycles. The Morgan fingerprint density at radius 3 is 2.82 bits per heavy atom. The zero-order valence-corrected chi connectivity index (χ0v) is 11.0. The molecule has 1 fully saturated rings. The van der Waals surface area contributed by atoms with Crippen molar-refractivity contribution < 1.29 is 0 Å². The van der Waals surface area contributed by atoms with E-state index in [-0.39, 0.29) is 0 Å². The molecule has 1 aromatic rings. The monoisotopic (exact) mass is 253 g/mol. The first kappa shape index (κ1) is 12.4. The molecule has 0 spiro atoms. The van der Waals surface area contributed by atoms with Crippen LogP contribution in [0.1, 0.15) is 25.6 Å². The summed E-state index contributed by atoms with van der Waals surface area (Å²) in [6.45, 7) is 5.91. The van der Waals surface area contributed by atoms with Gasteiger partial charge in [-0.3, -0.25) is 4.90 Å². The molecule has 0 aliphatic carbocycles. The second-order valence-corrected chi connectivity index (χ2v) is 4.92. The summed E-state index contributed by atoms with van der Waals surface area (Å²) in [7, 11) is 0. The number of thiocarbonyl (C=S) groups is 1. The molecule has 1 aromatic heterocycles. The number of likely N-dealkylation sites (tertiary alicyclic amines) is 1. The molecule has 0 amide bonds. The first-order valence-corrected chi connectivity index (χ1v) is 6.50. The second kappa shape index (κ2) is 5.55. The highest BCUT2D eigenvalue weighted by Gasteiger charge is 2.21. The van der Waals surface area contributed by atoms with Gasteiger partial charge in [0.15, 0.2) is 0 Å². The van der Waals surface area contributed by atoms with Gasteiger partial charge in [-0.15, -0.1) is 0 Å². The second-order valence-electron chi connectivity index (χ2n) is 4.44. The van der Waals surface area contributed by atoms with Gasteiger partial charge < -0.3 is 5.73 Å². The molecule has 2 N–H and O–H groups in total. The molecule has 6 heteroatoms. The lowest BCUT2D eigenvalue weighted by molar-refractivity contribution is 0.195. The van der Waals surface area contributed by atoms with Crippen LogP contribution in [0.15, 0.2) is 6.33 Å². The lowest BCUT2D eigenvalue weighted by Gasteiger charge is -2.30. The molecule has 0 aromatic carbocycles. The van der Waals surface area contributed by atoms with Gasteiger partial charge in [0.05, 0.1) is 11.5 Å². The smallest absolute Gasteiger partial charge is 0.140 e. The van der Waals surface area contributed by atoms with Crippen molar-refractivity contribution in [3.63, 3.8) is 0 Å². The number of hydrogen-bond donors (Lipinski definition) is 1. The summed E-state index contributed by atoms with van der Waals surface area (Å²) in [5.74, 6) is 1.46. The molecule has 0 saturated carbocycles.